The standard InChI is InChI=1S/C16H17ClO4/c17-14-7-5-13(6-8-14)12-3-1-11(2-4-12)9-10-21-16(20)15(18)19/h5-12H,1-4H2,(H,18,19). The van der Waals surface area contributed by atoms with E-state index in [4.69, 9.17) is 16.7 Å². The number of hydrogen-bond donors (Lipinski definition) is 1. The van der Waals surface area contributed by atoms with Crippen molar-refractivity contribution in [2.45, 2.75) is 31.6 Å². The van der Waals surface area contributed by atoms with Crippen LogP contribution in [0.5, 0.6) is 0 Å². The van der Waals surface area contributed by atoms with Crippen molar-refractivity contribution in [1.29, 1.82) is 0 Å². The van der Waals surface area contributed by atoms with Gasteiger partial charge in [-0.3, -0.25) is 0 Å². The second kappa shape index (κ2) is 7.27. The molecule has 112 valence electrons. The fourth-order valence-corrected chi connectivity index (χ4v) is 2.77. The number of rotatable bonds is 3. The van der Waals surface area contributed by atoms with Crippen LogP contribution < -0.4 is 0 Å². The van der Waals surface area contributed by atoms with Crippen LogP contribution in [-0.2, 0) is 14.3 Å². The van der Waals surface area contributed by atoms with Crippen molar-refractivity contribution in [3.05, 3.63) is 47.2 Å². The smallest absolute Gasteiger partial charge is 0.422 e. The van der Waals surface area contributed by atoms with Gasteiger partial charge < -0.3 is 9.84 Å². The van der Waals surface area contributed by atoms with Crippen molar-refractivity contribution >= 4 is 23.5 Å². The Bertz CT molecular complexity index is 528. The predicted octanol–water partition coefficient (Wildman–Crippen LogP) is 3.76. The Morgan fingerprint density at radius 2 is 1.76 bits per heavy atom. The number of carboxylic acid groups (broad SMARTS) is 1. The van der Waals surface area contributed by atoms with E-state index in [2.05, 4.69) is 16.9 Å². The Hall–Kier alpha value is -1.81. The molecule has 1 saturated carbocycles. The first-order valence-corrected chi connectivity index (χ1v) is 7.30. The molecule has 0 radical (unpaired) electrons. The fourth-order valence-electron chi connectivity index (χ4n) is 2.64. The average Bonchev–Trinajstić information content (AvgIpc) is 2.48. The van der Waals surface area contributed by atoms with Gasteiger partial charge in [-0.1, -0.05) is 23.7 Å². The topological polar surface area (TPSA) is 63.6 Å². The van der Waals surface area contributed by atoms with E-state index in [9.17, 15) is 9.59 Å². The molecular formula is C16H17ClO4. The lowest BCUT2D eigenvalue weighted by atomic mass is 9.79. The van der Waals surface area contributed by atoms with E-state index in [1.165, 1.54) is 11.8 Å². The van der Waals surface area contributed by atoms with Gasteiger partial charge >= 0.3 is 11.9 Å². The van der Waals surface area contributed by atoms with Gasteiger partial charge in [0.15, 0.2) is 0 Å². The molecule has 0 aliphatic heterocycles. The molecule has 0 atom stereocenters. The quantitative estimate of drug-likeness (QED) is 0.524. The van der Waals surface area contributed by atoms with Gasteiger partial charge in [-0.25, -0.2) is 9.59 Å². The van der Waals surface area contributed by atoms with E-state index in [0.717, 1.165) is 30.7 Å². The number of aliphatic carboxylic acids is 1. The number of allylic oxidation sites excluding steroid dienone is 1. The van der Waals surface area contributed by atoms with Crippen molar-refractivity contribution in [3.63, 3.8) is 0 Å². The van der Waals surface area contributed by atoms with Crippen molar-refractivity contribution in [2.24, 2.45) is 5.92 Å². The molecule has 0 unspecified atom stereocenters. The number of carboxylic acids is 1. The molecule has 1 N–H and O–H groups in total. The molecule has 1 aliphatic carbocycles. The summed E-state index contributed by atoms with van der Waals surface area (Å²) < 4.78 is 4.50. The first kappa shape index (κ1) is 15.6. The number of ether oxygens (including phenoxy) is 1. The molecule has 2 rings (SSSR count). The van der Waals surface area contributed by atoms with Gasteiger partial charge in [0, 0.05) is 5.02 Å². The van der Waals surface area contributed by atoms with Crippen molar-refractivity contribution in [1.82, 2.24) is 0 Å². The minimum atomic E-state index is -1.58. The van der Waals surface area contributed by atoms with Gasteiger partial charge in [0.1, 0.15) is 0 Å². The predicted molar refractivity (Wildman–Crippen MR) is 79.0 cm³/mol. The highest BCUT2D eigenvalue weighted by Gasteiger charge is 2.21. The second-order valence-corrected chi connectivity index (χ2v) is 5.64. The largest absolute Gasteiger partial charge is 0.473 e. The Labute approximate surface area is 128 Å². The molecule has 0 aromatic heterocycles. The van der Waals surface area contributed by atoms with Crippen LogP contribution in [0.2, 0.25) is 5.02 Å². The van der Waals surface area contributed by atoms with Crippen LogP contribution in [0.25, 0.3) is 0 Å². The minimum Gasteiger partial charge on any atom is -0.473 e. The Kier molecular flexibility index (Phi) is 5.39. The average molecular weight is 309 g/mol. The van der Waals surface area contributed by atoms with E-state index in [1.54, 1.807) is 6.08 Å². The number of benzene rings is 1. The van der Waals surface area contributed by atoms with Crippen LogP contribution in [0.1, 0.15) is 37.2 Å². The van der Waals surface area contributed by atoms with E-state index >= 15 is 0 Å². The normalized spacial score (nSPS) is 22.1. The maximum Gasteiger partial charge on any atom is 0.422 e. The molecule has 1 aromatic carbocycles. The molecule has 1 aromatic rings. The Morgan fingerprint density at radius 1 is 1.14 bits per heavy atom. The molecule has 0 heterocycles. The van der Waals surface area contributed by atoms with Gasteiger partial charge in [0.2, 0.25) is 0 Å². The lowest BCUT2D eigenvalue weighted by Gasteiger charge is -2.26. The molecule has 0 amide bonds. The molecule has 21 heavy (non-hydrogen) atoms. The molecule has 0 spiro atoms. The number of carbonyl (C=O) groups is 2. The minimum absolute atomic E-state index is 0.329. The molecule has 5 heteroatoms. The molecular weight excluding hydrogens is 292 g/mol. The third-order valence-electron chi connectivity index (χ3n) is 3.81. The number of carbonyl (C=O) groups excluding carboxylic acids is 1. The maximum absolute atomic E-state index is 10.8. The van der Waals surface area contributed by atoms with E-state index in [1.807, 2.05) is 12.1 Å². The van der Waals surface area contributed by atoms with Crippen LogP contribution in [0.15, 0.2) is 36.6 Å². The first-order chi connectivity index (χ1) is 10.1. The van der Waals surface area contributed by atoms with Gasteiger partial charge in [0.25, 0.3) is 0 Å². The summed E-state index contributed by atoms with van der Waals surface area (Å²) in [6, 6.07) is 7.96. The van der Waals surface area contributed by atoms with Crippen LogP contribution in [0, 0.1) is 5.92 Å². The highest BCUT2D eigenvalue weighted by Crippen LogP contribution is 2.36. The Morgan fingerprint density at radius 3 is 2.33 bits per heavy atom. The second-order valence-electron chi connectivity index (χ2n) is 5.20. The van der Waals surface area contributed by atoms with Crippen molar-refractivity contribution < 1.29 is 19.4 Å². The van der Waals surface area contributed by atoms with Gasteiger partial charge in [-0.05, 0) is 61.3 Å². The lowest BCUT2D eigenvalue weighted by molar-refractivity contribution is -0.160. The summed E-state index contributed by atoms with van der Waals surface area (Å²) in [4.78, 5) is 21.1. The zero-order valence-corrected chi connectivity index (χ0v) is 12.3. The monoisotopic (exact) mass is 308 g/mol. The Balaban J connectivity index is 1.80. The zero-order valence-electron chi connectivity index (χ0n) is 11.5. The third-order valence-corrected chi connectivity index (χ3v) is 4.07. The molecule has 4 nitrogen and oxygen atoms in total. The number of halogens is 1. The van der Waals surface area contributed by atoms with Crippen LogP contribution in [0.3, 0.4) is 0 Å². The van der Waals surface area contributed by atoms with E-state index < -0.39 is 11.9 Å². The lowest BCUT2D eigenvalue weighted by Crippen LogP contribution is -2.14. The molecule has 1 aliphatic rings. The van der Waals surface area contributed by atoms with Gasteiger partial charge in [-0.15, -0.1) is 0 Å². The van der Waals surface area contributed by atoms with Crippen LogP contribution in [-0.4, -0.2) is 17.0 Å². The molecule has 0 saturated heterocycles. The molecule has 0 bridgehead atoms. The highest BCUT2D eigenvalue weighted by atomic mass is 35.5. The SMILES string of the molecule is O=C(O)C(=O)OC=CC1CCC(c2ccc(Cl)cc2)CC1. The summed E-state index contributed by atoms with van der Waals surface area (Å²) in [5, 5.41) is 9.13. The summed E-state index contributed by atoms with van der Waals surface area (Å²) in [6.45, 7) is 0. The summed E-state index contributed by atoms with van der Waals surface area (Å²) in [5.74, 6) is -1.96. The summed E-state index contributed by atoms with van der Waals surface area (Å²) in [5.41, 5.74) is 1.30. The number of esters is 1. The van der Waals surface area contributed by atoms with E-state index in [-0.39, 0.29) is 0 Å². The fraction of sp³-hybridized carbons (Fsp3) is 0.375. The summed E-state index contributed by atoms with van der Waals surface area (Å²) in [7, 11) is 0. The zero-order chi connectivity index (χ0) is 15.2. The maximum atomic E-state index is 10.8. The van der Waals surface area contributed by atoms with Crippen molar-refractivity contribution in [3.8, 4) is 0 Å². The third kappa shape index (κ3) is 4.60. The molecule has 1 fully saturated rings. The van der Waals surface area contributed by atoms with Gasteiger partial charge in [0.05, 0.1) is 6.26 Å². The number of hydrogen-bond acceptors (Lipinski definition) is 3. The highest BCUT2D eigenvalue weighted by molar-refractivity contribution is 6.30. The van der Waals surface area contributed by atoms with E-state index in [0.29, 0.717) is 11.8 Å². The van der Waals surface area contributed by atoms with Crippen molar-refractivity contribution in [2.75, 3.05) is 0 Å². The van der Waals surface area contributed by atoms with Crippen LogP contribution >= 0.6 is 11.6 Å². The van der Waals surface area contributed by atoms with Gasteiger partial charge in [-0.2, -0.15) is 0 Å². The first-order valence-electron chi connectivity index (χ1n) is 6.92. The summed E-state index contributed by atoms with van der Waals surface area (Å²) in [6.07, 6.45) is 7.08. The summed E-state index contributed by atoms with van der Waals surface area (Å²) >= 11 is 5.89. The van der Waals surface area contributed by atoms with Crippen LogP contribution in [0.4, 0.5) is 0 Å².